The highest BCUT2D eigenvalue weighted by molar-refractivity contribution is 5.73. The lowest BCUT2D eigenvalue weighted by Gasteiger charge is -2.52. The molecule has 31 heteroatoms. The Morgan fingerprint density at radius 2 is 0.730 bits per heavy atom. The van der Waals surface area contributed by atoms with Crippen molar-refractivity contribution in [1.82, 2.24) is 10.6 Å². The standard InChI is InChI=1S/C43H74N2O29/c1-6-7-63-38-20(44-14(4)50)35(72-40-29(59)26(56)22(52)12(2)64-40)33(18(10-48)68-38)71-43-32(62)37(25(55)17(9-47)67-43)74-39-21(45-15(5)51)36(73-41-30(60)27(57)23(53)13(3)65-41)34(19(11-49)69-39)70-42-31(61)28(58)24(54)16(8-46)66-42/h12-13,16-43,46-49,52-62H,6-11H2,1-5H3,(H,44,50)(H,45,51)/t12-,13-,16+,17+,18+,19+,20+,21+,22+,23+,24-,25-,26+,27+,28-,29-,30-,31+,32+,33+,34+,35+,36+,37-,38+,39-,40-,41-,42-,43-/m0/s1. The van der Waals surface area contributed by atoms with Gasteiger partial charge in [-0.15, -0.1) is 0 Å². The van der Waals surface area contributed by atoms with Crippen molar-refractivity contribution < 1.29 is 143 Å². The summed E-state index contributed by atoms with van der Waals surface area (Å²) in [6, 6.07) is -3.19. The molecule has 6 aliphatic heterocycles. The van der Waals surface area contributed by atoms with E-state index in [0.717, 1.165) is 13.8 Å². The van der Waals surface area contributed by atoms with Gasteiger partial charge in [0.05, 0.1) is 38.6 Å². The molecule has 74 heavy (non-hydrogen) atoms. The molecule has 430 valence electrons. The van der Waals surface area contributed by atoms with Crippen LogP contribution < -0.4 is 10.6 Å². The summed E-state index contributed by atoms with van der Waals surface area (Å²) in [5, 5.41) is 167. The van der Waals surface area contributed by atoms with Crippen LogP contribution in [-0.2, 0) is 66.4 Å². The number of carbonyl (C=O) groups excluding carboxylic acids is 2. The fourth-order valence-electron chi connectivity index (χ4n) is 9.55. The molecule has 0 spiro atoms. The highest BCUT2D eigenvalue weighted by Crippen LogP contribution is 2.38. The highest BCUT2D eigenvalue weighted by Gasteiger charge is 2.59. The fraction of sp³-hybridized carbons (Fsp3) is 0.953. The molecule has 0 aromatic rings. The minimum atomic E-state index is -2.22. The zero-order valence-electron chi connectivity index (χ0n) is 41.0. The number of rotatable bonds is 19. The van der Waals surface area contributed by atoms with Crippen molar-refractivity contribution in [3.05, 3.63) is 0 Å². The van der Waals surface area contributed by atoms with E-state index in [2.05, 4.69) is 10.6 Å². The van der Waals surface area contributed by atoms with E-state index < -0.39 is 222 Å². The molecule has 6 saturated heterocycles. The van der Waals surface area contributed by atoms with Crippen LogP contribution in [0.4, 0.5) is 0 Å². The molecule has 0 aliphatic carbocycles. The zero-order chi connectivity index (χ0) is 54.6. The predicted molar refractivity (Wildman–Crippen MR) is 234 cm³/mol. The lowest BCUT2D eigenvalue weighted by Crippen LogP contribution is -2.71. The Kier molecular flexibility index (Phi) is 22.0. The van der Waals surface area contributed by atoms with Crippen LogP contribution in [0.5, 0.6) is 0 Å². The molecule has 0 aromatic carbocycles. The van der Waals surface area contributed by atoms with Crippen molar-refractivity contribution in [1.29, 1.82) is 0 Å². The van der Waals surface area contributed by atoms with E-state index in [9.17, 15) is 86.2 Å². The summed E-state index contributed by atoms with van der Waals surface area (Å²) in [4.78, 5) is 25.8. The van der Waals surface area contributed by atoms with Crippen LogP contribution >= 0.6 is 0 Å². The number of aliphatic hydroxyl groups excluding tert-OH is 15. The number of amides is 2. The van der Waals surface area contributed by atoms with Crippen molar-refractivity contribution in [2.24, 2.45) is 0 Å². The molecular weight excluding hydrogens is 1010 g/mol. The van der Waals surface area contributed by atoms with Crippen LogP contribution in [-0.4, -0.2) is 306 Å². The molecule has 6 aliphatic rings. The van der Waals surface area contributed by atoms with E-state index in [4.69, 9.17) is 56.8 Å². The maximum atomic E-state index is 13.1. The average Bonchev–Trinajstić information content (AvgIpc) is 3.36. The lowest BCUT2D eigenvalue weighted by atomic mass is 9.93. The first kappa shape index (κ1) is 61.1. The van der Waals surface area contributed by atoms with Gasteiger partial charge in [0, 0.05) is 20.5 Å². The molecule has 6 heterocycles. The molecular formula is C43H74N2O29. The molecule has 0 aromatic heterocycles. The van der Waals surface area contributed by atoms with E-state index in [-0.39, 0.29) is 6.61 Å². The minimum absolute atomic E-state index is 0.0476. The second-order valence-electron chi connectivity index (χ2n) is 19.0. The Bertz CT molecular complexity index is 1760. The monoisotopic (exact) mass is 1080 g/mol. The predicted octanol–water partition coefficient (Wildman–Crippen LogP) is -10.3. The van der Waals surface area contributed by atoms with Gasteiger partial charge in [0.15, 0.2) is 37.7 Å². The summed E-state index contributed by atoms with van der Waals surface area (Å²) in [5.41, 5.74) is 0. The third-order valence-corrected chi connectivity index (χ3v) is 13.6. The second-order valence-corrected chi connectivity index (χ2v) is 19.0. The summed E-state index contributed by atoms with van der Waals surface area (Å²) in [6.45, 7) is 2.82. The molecule has 6 rings (SSSR count). The number of ether oxygens (including phenoxy) is 12. The number of carbonyl (C=O) groups is 2. The van der Waals surface area contributed by atoms with Crippen LogP contribution in [0, 0.1) is 0 Å². The second kappa shape index (κ2) is 26.7. The summed E-state index contributed by atoms with van der Waals surface area (Å²) in [6.07, 6.45) is -49.6. The molecule has 30 atom stereocenters. The lowest BCUT2D eigenvalue weighted by molar-refractivity contribution is -0.394. The molecule has 31 nitrogen and oxygen atoms in total. The summed E-state index contributed by atoms with van der Waals surface area (Å²) in [5.74, 6) is -1.53. The van der Waals surface area contributed by atoms with Gasteiger partial charge >= 0.3 is 0 Å². The van der Waals surface area contributed by atoms with Gasteiger partial charge < -0.3 is 144 Å². The third-order valence-electron chi connectivity index (χ3n) is 13.6. The van der Waals surface area contributed by atoms with Gasteiger partial charge in [0.25, 0.3) is 0 Å². The SMILES string of the molecule is CCCO[C@@H]1O[C@H](CO)[C@@H](O[C@@H]2O[C@H](CO)[C@H](O)[C@H](O[C@@H]3O[C@H](CO)[C@@H](O[C@@H]4O[C@H](CO)[C@H](O)[C@H](O)[C@H]4O)[C@H](O[C@@H]4O[C@@H](C)[C@@H](O)[C@@H](O)[C@@H]4O)[C@H]3NC(C)=O)[C@H]2O)[C@H](O[C@@H]2O[C@@H](C)[C@@H](O)[C@@H](O)[C@@H]2O)[C@H]1NC(C)=O. The van der Waals surface area contributed by atoms with Crippen molar-refractivity contribution >= 4 is 11.8 Å². The quantitative estimate of drug-likeness (QED) is 0.0571. The first-order chi connectivity index (χ1) is 35.0. The third kappa shape index (κ3) is 13.3. The van der Waals surface area contributed by atoms with Gasteiger partial charge in [0.2, 0.25) is 11.8 Å². The first-order valence-corrected chi connectivity index (χ1v) is 24.3. The Morgan fingerprint density at radius 1 is 0.392 bits per heavy atom. The van der Waals surface area contributed by atoms with Gasteiger partial charge in [-0.2, -0.15) is 0 Å². The molecule has 0 radical (unpaired) electrons. The Labute approximate surface area is 423 Å². The Morgan fingerprint density at radius 3 is 1.15 bits per heavy atom. The van der Waals surface area contributed by atoms with Gasteiger partial charge in [-0.3, -0.25) is 9.59 Å². The van der Waals surface area contributed by atoms with Crippen LogP contribution in [0.2, 0.25) is 0 Å². The van der Waals surface area contributed by atoms with Crippen LogP contribution in [0.15, 0.2) is 0 Å². The molecule has 6 fully saturated rings. The minimum Gasteiger partial charge on any atom is -0.394 e. The largest absolute Gasteiger partial charge is 0.394 e. The van der Waals surface area contributed by atoms with Crippen molar-refractivity contribution in [3.63, 3.8) is 0 Å². The number of aliphatic hydroxyl groups is 15. The summed E-state index contributed by atoms with van der Waals surface area (Å²) in [7, 11) is 0. The van der Waals surface area contributed by atoms with Crippen LogP contribution in [0.3, 0.4) is 0 Å². The number of nitrogens with one attached hydrogen (secondary N) is 2. The van der Waals surface area contributed by atoms with Gasteiger partial charge in [-0.05, 0) is 20.3 Å². The van der Waals surface area contributed by atoms with E-state index in [1.54, 1.807) is 6.92 Å². The van der Waals surface area contributed by atoms with E-state index in [1.807, 2.05) is 0 Å². The zero-order valence-corrected chi connectivity index (χ0v) is 41.0. The van der Waals surface area contributed by atoms with Crippen LogP contribution in [0.25, 0.3) is 0 Å². The summed E-state index contributed by atoms with van der Waals surface area (Å²) >= 11 is 0. The maximum Gasteiger partial charge on any atom is 0.217 e. The maximum absolute atomic E-state index is 13.1. The number of hydrogen-bond acceptors (Lipinski definition) is 29. The molecule has 2 amide bonds. The highest BCUT2D eigenvalue weighted by atomic mass is 16.8. The van der Waals surface area contributed by atoms with E-state index >= 15 is 0 Å². The molecule has 0 unspecified atom stereocenters. The fourth-order valence-corrected chi connectivity index (χ4v) is 9.55. The van der Waals surface area contributed by atoms with E-state index in [0.29, 0.717) is 6.42 Å². The smallest absolute Gasteiger partial charge is 0.217 e. The first-order valence-electron chi connectivity index (χ1n) is 24.3. The normalized spacial score (nSPS) is 49.2. The van der Waals surface area contributed by atoms with Crippen molar-refractivity contribution in [2.45, 2.75) is 225 Å². The average molecular weight is 1080 g/mol. The Hall–Kier alpha value is -2.14. The van der Waals surface area contributed by atoms with Crippen molar-refractivity contribution in [3.8, 4) is 0 Å². The van der Waals surface area contributed by atoms with Gasteiger partial charge in [-0.1, -0.05) is 6.92 Å². The van der Waals surface area contributed by atoms with Gasteiger partial charge in [-0.25, -0.2) is 0 Å². The Balaban J connectivity index is 1.36. The van der Waals surface area contributed by atoms with Gasteiger partial charge in [0.1, 0.15) is 134 Å². The van der Waals surface area contributed by atoms with Crippen LogP contribution in [0.1, 0.15) is 41.0 Å². The topological polar surface area (TPSA) is 472 Å². The number of hydrogen-bond donors (Lipinski definition) is 17. The van der Waals surface area contributed by atoms with Crippen molar-refractivity contribution in [2.75, 3.05) is 33.0 Å². The summed E-state index contributed by atoms with van der Waals surface area (Å²) < 4.78 is 71.8. The molecule has 17 N–H and O–H groups in total. The molecule has 0 bridgehead atoms. The molecule has 0 saturated carbocycles. The van der Waals surface area contributed by atoms with E-state index in [1.165, 1.54) is 13.8 Å².